The monoisotopic (exact) mass is 328 g/mol. The molecule has 2 aromatic rings. The van der Waals surface area contributed by atoms with Gasteiger partial charge in [-0.05, 0) is 46.9 Å². The number of hydrogen-bond donors (Lipinski definition) is 0. The van der Waals surface area contributed by atoms with Gasteiger partial charge in [0.15, 0.2) is 0 Å². The topological polar surface area (TPSA) is 44.0 Å². The highest BCUT2D eigenvalue weighted by atomic mass is 127. The second-order valence-electron chi connectivity index (χ2n) is 3.32. The van der Waals surface area contributed by atoms with E-state index in [1.807, 2.05) is 24.3 Å². The molecule has 82 valence electrons. The Morgan fingerprint density at radius 3 is 2.12 bits per heavy atom. The fourth-order valence-corrected chi connectivity index (χ4v) is 1.81. The van der Waals surface area contributed by atoms with Crippen molar-refractivity contribution >= 4 is 22.6 Å². The highest BCUT2D eigenvalue weighted by molar-refractivity contribution is 14.1. The maximum absolute atomic E-state index is 11.7. The second-order valence-corrected chi connectivity index (χ2v) is 4.57. The van der Waals surface area contributed by atoms with Crippen LogP contribution in [0.3, 0.4) is 0 Å². The molecule has 0 unspecified atom stereocenters. The first-order valence-electron chi connectivity index (χ1n) is 4.65. The van der Waals surface area contributed by atoms with Crippen LogP contribution >= 0.6 is 22.6 Å². The van der Waals surface area contributed by atoms with Gasteiger partial charge in [0.25, 0.3) is 11.1 Å². The highest BCUT2D eigenvalue weighted by Gasteiger charge is 2.03. The van der Waals surface area contributed by atoms with Crippen molar-refractivity contribution in [1.29, 1.82) is 0 Å². The van der Waals surface area contributed by atoms with Crippen LogP contribution in [-0.4, -0.2) is 9.36 Å². The van der Waals surface area contributed by atoms with Gasteiger partial charge in [-0.15, -0.1) is 0 Å². The molecule has 16 heavy (non-hydrogen) atoms. The maximum Gasteiger partial charge on any atom is 0.270 e. The van der Waals surface area contributed by atoms with Crippen LogP contribution in [0.15, 0.2) is 46.0 Å². The van der Waals surface area contributed by atoms with E-state index in [0.29, 0.717) is 5.69 Å². The molecule has 0 aliphatic rings. The summed E-state index contributed by atoms with van der Waals surface area (Å²) in [6.45, 7) is 0. The molecule has 5 heteroatoms. The predicted molar refractivity (Wildman–Crippen MR) is 70.0 cm³/mol. The lowest BCUT2D eigenvalue weighted by Crippen LogP contribution is -2.34. The Morgan fingerprint density at radius 1 is 0.938 bits per heavy atom. The molecule has 1 aromatic carbocycles. The molecule has 0 radical (unpaired) electrons. The predicted octanol–water partition coefficient (Wildman–Crippen LogP) is 1.14. The summed E-state index contributed by atoms with van der Waals surface area (Å²) < 4.78 is 3.72. The van der Waals surface area contributed by atoms with Gasteiger partial charge in [-0.1, -0.05) is 0 Å². The summed E-state index contributed by atoms with van der Waals surface area (Å²) in [5, 5.41) is 0. The third kappa shape index (κ3) is 1.95. The third-order valence-electron chi connectivity index (χ3n) is 2.27. The van der Waals surface area contributed by atoms with Gasteiger partial charge in [0.1, 0.15) is 0 Å². The van der Waals surface area contributed by atoms with Gasteiger partial charge in [0, 0.05) is 22.8 Å². The molecule has 0 aliphatic carbocycles. The Labute approximate surface area is 105 Å². The second kappa shape index (κ2) is 4.25. The van der Waals surface area contributed by atoms with Crippen molar-refractivity contribution in [3.63, 3.8) is 0 Å². The lowest BCUT2D eigenvalue weighted by Gasteiger charge is -2.10. The normalized spacial score (nSPS) is 10.4. The number of hydrogen-bond acceptors (Lipinski definition) is 2. The number of benzene rings is 1. The summed E-state index contributed by atoms with van der Waals surface area (Å²) in [7, 11) is 1.57. The van der Waals surface area contributed by atoms with Crippen molar-refractivity contribution in [2.75, 3.05) is 0 Å². The van der Waals surface area contributed by atoms with Crippen LogP contribution in [0.1, 0.15) is 0 Å². The van der Waals surface area contributed by atoms with Crippen molar-refractivity contribution in [3.05, 3.63) is 60.7 Å². The van der Waals surface area contributed by atoms with Crippen molar-refractivity contribution in [3.8, 4) is 5.69 Å². The number of nitrogens with zero attached hydrogens (tertiary/aromatic N) is 2. The molecule has 0 saturated carbocycles. The van der Waals surface area contributed by atoms with Gasteiger partial charge in [-0.25, -0.2) is 9.36 Å². The minimum atomic E-state index is -0.219. The molecule has 4 nitrogen and oxygen atoms in total. The summed E-state index contributed by atoms with van der Waals surface area (Å²) in [5.41, 5.74) is 0.257. The largest absolute Gasteiger partial charge is 0.270 e. The molecule has 2 rings (SSSR count). The molecule has 0 bridgehead atoms. The molecular weight excluding hydrogens is 319 g/mol. The van der Waals surface area contributed by atoms with Crippen LogP contribution in [0.4, 0.5) is 0 Å². The Morgan fingerprint density at radius 2 is 1.50 bits per heavy atom. The third-order valence-corrected chi connectivity index (χ3v) is 2.99. The van der Waals surface area contributed by atoms with Gasteiger partial charge >= 0.3 is 0 Å². The van der Waals surface area contributed by atoms with E-state index in [-0.39, 0.29) is 11.1 Å². The van der Waals surface area contributed by atoms with E-state index in [2.05, 4.69) is 22.6 Å². The van der Waals surface area contributed by atoms with Crippen LogP contribution in [0, 0.1) is 3.57 Å². The van der Waals surface area contributed by atoms with E-state index in [0.717, 1.165) is 3.57 Å². The number of aromatic nitrogens is 2. The van der Waals surface area contributed by atoms with Gasteiger partial charge in [0.05, 0.1) is 5.69 Å². The van der Waals surface area contributed by atoms with E-state index < -0.39 is 0 Å². The number of rotatable bonds is 1. The molecule has 1 heterocycles. The van der Waals surface area contributed by atoms with Crippen LogP contribution in [-0.2, 0) is 7.05 Å². The molecule has 0 aliphatic heterocycles. The Kier molecular flexibility index (Phi) is 2.95. The van der Waals surface area contributed by atoms with Gasteiger partial charge in [0.2, 0.25) is 0 Å². The zero-order chi connectivity index (χ0) is 11.7. The molecule has 0 amide bonds. The van der Waals surface area contributed by atoms with E-state index in [1.165, 1.54) is 21.5 Å². The summed E-state index contributed by atoms with van der Waals surface area (Å²) in [4.78, 5) is 23.1. The standard InChI is InChI=1S/C11H9IN2O2/c1-13-10(15)6-7-11(16)14(13)9-4-2-8(12)3-5-9/h2-7H,1H3. The number of halogens is 1. The molecule has 0 N–H and O–H groups in total. The molecule has 0 spiro atoms. The lowest BCUT2D eigenvalue weighted by molar-refractivity contribution is 0.593. The molecule has 0 saturated heterocycles. The summed E-state index contributed by atoms with van der Waals surface area (Å²) in [6, 6.07) is 9.94. The first-order chi connectivity index (χ1) is 7.59. The van der Waals surface area contributed by atoms with Gasteiger partial charge in [-0.3, -0.25) is 9.59 Å². The summed E-state index contributed by atoms with van der Waals surface area (Å²) in [6.07, 6.45) is 0. The zero-order valence-electron chi connectivity index (χ0n) is 8.55. The van der Waals surface area contributed by atoms with Crippen LogP contribution < -0.4 is 11.1 Å². The van der Waals surface area contributed by atoms with Gasteiger partial charge < -0.3 is 0 Å². The molecular formula is C11H9IN2O2. The van der Waals surface area contributed by atoms with Crippen LogP contribution in [0.2, 0.25) is 0 Å². The SMILES string of the molecule is Cn1c(=O)ccc(=O)n1-c1ccc(I)cc1. The fourth-order valence-electron chi connectivity index (χ4n) is 1.45. The average Bonchev–Trinajstić information content (AvgIpc) is 2.27. The van der Waals surface area contributed by atoms with E-state index in [4.69, 9.17) is 0 Å². The van der Waals surface area contributed by atoms with Crippen molar-refractivity contribution in [2.24, 2.45) is 7.05 Å². The van der Waals surface area contributed by atoms with E-state index in [9.17, 15) is 9.59 Å². The van der Waals surface area contributed by atoms with Gasteiger partial charge in [-0.2, -0.15) is 0 Å². The first kappa shape index (κ1) is 11.1. The highest BCUT2D eigenvalue weighted by Crippen LogP contribution is 2.08. The first-order valence-corrected chi connectivity index (χ1v) is 5.73. The lowest BCUT2D eigenvalue weighted by atomic mass is 10.3. The summed E-state index contributed by atoms with van der Waals surface area (Å²) in [5.74, 6) is 0. The van der Waals surface area contributed by atoms with Crippen molar-refractivity contribution in [1.82, 2.24) is 9.36 Å². The molecule has 0 atom stereocenters. The van der Waals surface area contributed by atoms with E-state index >= 15 is 0 Å². The maximum atomic E-state index is 11.7. The Bertz CT molecular complexity index is 626. The van der Waals surface area contributed by atoms with Crippen molar-refractivity contribution < 1.29 is 0 Å². The summed E-state index contributed by atoms with van der Waals surface area (Å²) >= 11 is 2.18. The molecule has 0 fully saturated rings. The average molecular weight is 328 g/mol. The quantitative estimate of drug-likeness (QED) is 0.737. The van der Waals surface area contributed by atoms with Crippen LogP contribution in [0.25, 0.3) is 5.69 Å². The zero-order valence-corrected chi connectivity index (χ0v) is 10.7. The smallest absolute Gasteiger partial charge is 0.268 e. The van der Waals surface area contributed by atoms with E-state index in [1.54, 1.807) is 7.05 Å². The Balaban J connectivity index is 2.73. The van der Waals surface area contributed by atoms with Crippen molar-refractivity contribution in [2.45, 2.75) is 0 Å². The fraction of sp³-hybridized carbons (Fsp3) is 0.0909. The minimum absolute atomic E-state index is 0.210. The van der Waals surface area contributed by atoms with Crippen LogP contribution in [0.5, 0.6) is 0 Å². The Hall–Kier alpha value is -1.37. The molecule has 1 aromatic heterocycles. The minimum Gasteiger partial charge on any atom is -0.268 e.